The van der Waals surface area contributed by atoms with Crippen molar-refractivity contribution < 1.29 is 4.79 Å². The molecule has 0 spiro atoms. The molecule has 0 aliphatic heterocycles. The molecule has 122 valence electrons. The van der Waals surface area contributed by atoms with Crippen molar-refractivity contribution >= 4 is 11.7 Å². The Hall–Kier alpha value is -2.30. The lowest BCUT2D eigenvalue weighted by molar-refractivity contribution is 0.219. The number of aromatic nitrogens is 2. The van der Waals surface area contributed by atoms with Gasteiger partial charge in [0.05, 0.1) is 23.3 Å². The minimum absolute atomic E-state index is 0.142. The highest BCUT2D eigenvalue weighted by atomic mass is 16.2. The Kier molecular flexibility index (Phi) is 4.37. The topological polar surface area (TPSA) is 59.0 Å². The van der Waals surface area contributed by atoms with Crippen LogP contribution in [0.15, 0.2) is 36.5 Å². The normalized spacial score (nSPS) is 20.2. The highest BCUT2D eigenvalue weighted by Gasteiger charge is 2.27. The van der Waals surface area contributed by atoms with Crippen molar-refractivity contribution in [1.29, 1.82) is 0 Å². The molecule has 0 radical (unpaired) electrons. The van der Waals surface area contributed by atoms with Crippen LogP contribution in [0.3, 0.4) is 0 Å². The summed E-state index contributed by atoms with van der Waals surface area (Å²) < 4.78 is 1.89. The lowest BCUT2D eigenvalue weighted by Crippen LogP contribution is -2.45. The maximum absolute atomic E-state index is 12.2. The summed E-state index contributed by atoms with van der Waals surface area (Å²) in [5.41, 5.74) is 2.78. The smallest absolute Gasteiger partial charge is 0.319 e. The second kappa shape index (κ2) is 6.44. The minimum Gasteiger partial charge on any atom is -0.335 e. The van der Waals surface area contributed by atoms with Gasteiger partial charge < -0.3 is 10.6 Å². The molecule has 23 heavy (non-hydrogen) atoms. The van der Waals surface area contributed by atoms with Crippen LogP contribution in [-0.4, -0.2) is 21.9 Å². The van der Waals surface area contributed by atoms with E-state index in [1.807, 2.05) is 35.0 Å². The molecule has 5 heteroatoms. The highest BCUT2D eigenvalue weighted by molar-refractivity contribution is 5.90. The van der Waals surface area contributed by atoms with E-state index >= 15 is 0 Å². The summed E-state index contributed by atoms with van der Waals surface area (Å²) in [5.74, 6) is 0.962. The molecule has 1 heterocycles. The molecule has 0 unspecified atom stereocenters. The number of nitrogens with zero attached hydrogens (tertiary/aromatic N) is 2. The fourth-order valence-corrected chi connectivity index (χ4v) is 3.15. The van der Waals surface area contributed by atoms with Gasteiger partial charge in [0.25, 0.3) is 0 Å². The van der Waals surface area contributed by atoms with E-state index in [2.05, 4.69) is 36.5 Å². The Morgan fingerprint density at radius 1 is 1.26 bits per heavy atom. The molecule has 2 aromatic rings. The summed E-state index contributed by atoms with van der Waals surface area (Å²) in [4.78, 5) is 12.2. The molecule has 0 atom stereocenters. The third kappa shape index (κ3) is 3.38. The molecule has 1 saturated carbocycles. The van der Waals surface area contributed by atoms with E-state index < -0.39 is 0 Å². The molecule has 0 bridgehead atoms. The van der Waals surface area contributed by atoms with Gasteiger partial charge >= 0.3 is 6.03 Å². The third-order valence-corrected chi connectivity index (χ3v) is 4.31. The summed E-state index contributed by atoms with van der Waals surface area (Å²) in [6.07, 6.45) is 3.85. The molecule has 1 aromatic carbocycles. The van der Waals surface area contributed by atoms with Crippen LogP contribution in [0.2, 0.25) is 0 Å². The predicted molar refractivity (Wildman–Crippen MR) is 92.0 cm³/mol. The summed E-state index contributed by atoms with van der Waals surface area (Å²) in [7, 11) is 0. The molecule has 2 amide bonds. The first kappa shape index (κ1) is 15.6. The predicted octanol–water partition coefficient (Wildman–Crippen LogP) is 3.92. The number of para-hydroxylation sites is 1. The maximum Gasteiger partial charge on any atom is 0.319 e. The number of carbonyl (C=O) groups is 1. The van der Waals surface area contributed by atoms with Gasteiger partial charge in [0, 0.05) is 6.04 Å². The van der Waals surface area contributed by atoms with Crippen molar-refractivity contribution in [1.82, 2.24) is 15.1 Å². The summed E-state index contributed by atoms with van der Waals surface area (Å²) >= 11 is 0. The molecular weight excluding hydrogens is 288 g/mol. The van der Waals surface area contributed by atoms with Crippen LogP contribution < -0.4 is 10.6 Å². The molecule has 2 N–H and O–H groups in total. The molecular formula is C18H24N4O. The molecule has 3 rings (SSSR count). The first-order valence-corrected chi connectivity index (χ1v) is 8.25. The van der Waals surface area contributed by atoms with E-state index in [0.29, 0.717) is 12.0 Å². The van der Waals surface area contributed by atoms with Crippen LogP contribution in [0.5, 0.6) is 0 Å². The molecule has 1 fully saturated rings. The highest BCUT2D eigenvalue weighted by Crippen LogP contribution is 2.28. The zero-order chi connectivity index (χ0) is 16.4. The number of hydrogen-bond donors (Lipinski definition) is 2. The summed E-state index contributed by atoms with van der Waals surface area (Å²) in [6.45, 7) is 6.41. The minimum atomic E-state index is -0.142. The number of rotatable bonds is 4. The van der Waals surface area contributed by atoms with Crippen molar-refractivity contribution in [3.8, 4) is 5.69 Å². The first-order chi connectivity index (χ1) is 11.0. The fraction of sp³-hybridized carbons (Fsp3) is 0.444. The summed E-state index contributed by atoms with van der Waals surface area (Å²) in [6, 6.07) is 10.1. The Labute approximate surface area is 137 Å². The number of benzene rings is 1. The average molecular weight is 312 g/mol. The number of nitrogens with one attached hydrogen (secondary N) is 2. The third-order valence-electron chi connectivity index (χ3n) is 4.31. The van der Waals surface area contributed by atoms with Crippen LogP contribution in [0.25, 0.3) is 5.69 Å². The zero-order valence-electron chi connectivity index (χ0n) is 13.9. The lowest BCUT2D eigenvalue weighted by Gasteiger charge is -2.33. The van der Waals surface area contributed by atoms with Gasteiger partial charge in [0.1, 0.15) is 0 Å². The number of anilines is 1. The van der Waals surface area contributed by atoms with Gasteiger partial charge in [-0.3, -0.25) is 0 Å². The largest absolute Gasteiger partial charge is 0.335 e. The molecule has 5 nitrogen and oxygen atoms in total. The fourth-order valence-electron chi connectivity index (χ4n) is 3.15. The Balaban J connectivity index is 1.77. The van der Waals surface area contributed by atoms with E-state index in [0.717, 1.165) is 29.9 Å². The van der Waals surface area contributed by atoms with Crippen molar-refractivity contribution in [3.05, 3.63) is 42.2 Å². The van der Waals surface area contributed by atoms with Crippen LogP contribution in [0.4, 0.5) is 10.5 Å². The molecule has 0 saturated heterocycles. The van der Waals surface area contributed by atoms with Gasteiger partial charge in [0.2, 0.25) is 0 Å². The zero-order valence-corrected chi connectivity index (χ0v) is 13.9. The SMILES string of the molecule is CC1CC(NC(=O)Nc2cnn(-c3ccccc3)c2C(C)C)C1. The van der Waals surface area contributed by atoms with E-state index in [-0.39, 0.29) is 11.9 Å². The van der Waals surface area contributed by atoms with Gasteiger partial charge in [-0.2, -0.15) is 5.10 Å². The number of hydrogen-bond acceptors (Lipinski definition) is 2. The molecule has 1 aliphatic rings. The van der Waals surface area contributed by atoms with Crippen molar-refractivity contribution in [2.45, 2.75) is 45.6 Å². The van der Waals surface area contributed by atoms with Crippen molar-refractivity contribution in [3.63, 3.8) is 0 Å². The van der Waals surface area contributed by atoms with Crippen LogP contribution in [0.1, 0.15) is 45.2 Å². The van der Waals surface area contributed by atoms with Crippen LogP contribution in [0, 0.1) is 5.92 Å². The first-order valence-electron chi connectivity index (χ1n) is 8.25. The monoisotopic (exact) mass is 312 g/mol. The quantitative estimate of drug-likeness (QED) is 0.899. The second-order valence-corrected chi connectivity index (χ2v) is 6.72. The van der Waals surface area contributed by atoms with E-state index in [4.69, 9.17) is 0 Å². The van der Waals surface area contributed by atoms with Crippen LogP contribution in [-0.2, 0) is 0 Å². The average Bonchev–Trinajstić information content (AvgIpc) is 2.90. The van der Waals surface area contributed by atoms with Gasteiger partial charge in [-0.25, -0.2) is 9.48 Å². The molecule has 1 aromatic heterocycles. The number of amides is 2. The van der Waals surface area contributed by atoms with Gasteiger partial charge in [0.15, 0.2) is 0 Å². The Bertz CT molecular complexity index is 672. The van der Waals surface area contributed by atoms with Crippen molar-refractivity contribution in [2.24, 2.45) is 5.92 Å². The number of urea groups is 1. The van der Waals surface area contributed by atoms with Crippen molar-refractivity contribution in [2.75, 3.05) is 5.32 Å². The van der Waals surface area contributed by atoms with E-state index in [1.165, 1.54) is 0 Å². The standard InChI is InChI=1S/C18H24N4O/c1-12(2)17-16(21-18(23)20-14-9-13(3)10-14)11-19-22(17)15-7-5-4-6-8-15/h4-8,11-14H,9-10H2,1-3H3,(H2,20,21,23). The second-order valence-electron chi connectivity index (χ2n) is 6.72. The van der Waals surface area contributed by atoms with E-state index in [1.54, 1.807) is 6.20 Å². The van der Waals surface area contributed by atoms with Crippen LogP contribution >= 0.6 is 0 Å². The Morgan fingerprint density at radius 3 is 2.57 bits per heavy atom. The number of carbonyl (C=O) groups excluding carboxylic acids is 1. The summed E-state index contributed by atoms with van der Waals surface area (Å²) in [5, 5.41) is 10.4. The van der Waals surface area contributed by atoms with Gasteiger partial charge in [-0.05, 0) is 36.8 Å². The van der Waals surface area contributed by atoms with Gasteiger partial charge in [-0.1, -0.05) is 39.0 Å². The molecule has 1 aliphatic carbocycles. The lowest BCUT2D eigenvalue weighted by atomic mass is 9.82. The maximum atomic E-state index is 12.2. The van der Waals surface area contributed by atoms with E-state index in [9.17, 15) is 4.79 Å². The Morgan fingerprint density at radius 2 is 1.96 bits per heavy atom. The van der Waals surface area contributed by atoms with Gasteiger partial charge in [-0.15, -0.1) is 0 Å².